The predicted octanol–water partition coefficient (Wildman–Crippen LogP) is 2.55. The lowest BCUT2D eigenvalue weighted by Gasteiger charge is -2.22. The Kier molecular flexibility index (Phi) is 8.31. The monoisotopic (exact) mass is 424 g/mol. The second kappa shape index (κ2) is 10.5. The van der Waals surface area contributed by atoms with Crippen LogP contribution in [0.2, 0.25) is 0 Å². The van der Waals surface area contributed by atoms with Crippen LogP contribution in [0.3, 0.4) is 0 Å². The first-order chi connectivity index (χ1) is 13.4. The van der Waals surface area contributed by atoms with Gasteiger partial charge in [0.1, 0.15) is 5.75 Å². The van der Waals surface area contributed by atoms with Gasteiger partial charge in [-0.2, -0.15) is 4.31 Å². The highest BCUT2D eigenvalue weighted by Crippen LogP contribution is 2.21. The van der Waals surface area contributed by atoms with E-state index in [-0.39, 0.29) is 24.4 Å². The van der Waals surface area contributed by atoms with E-state index in [1.165, 1.54) is 21.5 Å². The second-order valence-corrected chi connectivity index (χ2v) is 8.78. The molecule has 0 atom stereocenters. The summed E-state index contributed by atoms with van der Waals surface area (Å²) in [5, 5.41) is 8.70. The van der Waals surface area contributed by atoms with Gasteiger partial charge in [-0.15, -0.1) is 11.8 Å². The first-order valence-corrected chi connectivity index (χ1v) is 11.3. The van der Waals surface area contributed by atoms with Crippen LogP contribution >= 0.6 is 11.8 Å². The van der Waals surface area contributed by atoms with E-state index in [1.54, 1.807) is 31.4 Å². The molecule has 0 fully saturated rings. The first kappa shape index (κ1) is 22.2. The van der Waals surface area contributed by atoms with Gasteiger partial charge < -0.3 is 4.74 Å². The van der Waals surface area contributed by atoms with Crippen LogP contribution in [0.4, 0.5) is 0 Å². The summed E-state index contributed by atoms with van der Waals surface area (Å²) < 4.78 is 32.5. The molecule has 7 nitrogen and oxygen atoms in total. The van der Waals surface area contributed by atoms with Crippen LogP contribution in [0.15, 0.2) is 58.3 Å². The zero-order valence-electron chi connectivity index (χ0n) is 15.8. The van der Waals surface area contributed by atoms with Crippen LogP contribution < -0.4 is 10.2 Å². The molecule has 2 rings (SSSR count). The number of thioether (sulfide) groups is 1. The summed E-state index contributed by atoms with van der Waals surface area (Å²) in [6.07, 6.45) is 2.26. The van der Waals surface area contributed by atoms with E-state index in [2.05, 4.69) is 0 Å². The van der Waals surface area contributed by atoms with Gasteiger partial charge >= 0.3 is 0 Å². The van der Waals surface area contributed by atoms with Crippen molar-refractivity contribution in [3.8, 4) is 5.75 Å². The van der Waals surface area contributed by atoms with Crippen molar-refractivity contribution in [1.29, 1.82) is 0 Å². The minimum Gasteiger partial charge on any atom is -0.497 e. The van der Waals surface area contributed by atoms with Gasteiger partial charge in [0, 0.05) is 24.4 Å². The third-order valence-electron chi connectivity index (χ3n) is 4.22. The Hall–Kier alpha value is -2.07. The zero-order valence-corrected chi connectivity index (χ0v) is 17.4. The Labute approximate surface area is 169 Å². The molecule has 2 aromatic rings. The number of carbonyl (C=O) groups is 1. The Morgan fingerprint density at radius 3 is 2.29 bits per heavy atom. The minimum absolute atomic E-state index is 0.0326. The molecule has 1 amide bonds. The van der Waals surface area contributed by atoms with Crippen LogP contribution in [0.1, 0.15) is 12.0 Å². The lowest BCUT2D eigenvalue weighted by molar-refractivity contribution is -0.129. The summed E-state index contributed by atoms with van der Waals surface area (Å²) in [6, 6.07) is 14.0. The number of hydrogen-bond acceptors (Lipinski definition) is 6. The molecule has 28 heavy (non-hydrogen) atoms. The quantitative estimate of drug-likeness (QED) is 0.346. The van der Waals surface area contributed by atoms with Gasteiger partial charge in [0.15, 0.2) is 0 Å². The zero-order chi connectivity index (χ0) is 20.6. The lowest BCUT2D eigenvalue weighted by atomic mass is 10.1. The Bertz CT molecular complexity index is 868. The van der Waals surface area contributed by atoms with E-state index in [0.717, 1.165) is 16.2 Å². The number of nitrogens with one attached hydrogen (secondary N) is 1. The van der Waals surface area contributed by atoms with Gasteiger partial charge in [-0.25, -0.2) is 13.9 Å². The van der Waals surface area contributed by atoms with Crippen molar-refractivity contribution in [3.05, 3.63) is 54.1 Å². The fourth-order valence-corrected chi connectivity index (χ4v) is 4.43. The van der Waals surface area contributed by atoms with Crippen LogP contribution in [-0.2, 0) is 21.2 Å². The highest BCUT2D eigenvalue weighted by molar-refractivity contribution is 7.98. The molecule has 0 saturated carbocycles. The number of rotatable bonds is 10. The summed E-state index contributed by atoms with van der Waals surface area (Å²) in [4.78, 5) is 12.5. The van der Waals surface area contributed by atoms with Gasteiger partial charge in [0.2, 0.25) is 15.9 Å². The molecule has 0 saturated heterocycles. The standard InChI is InChI=1S/C19H24N2O5S2/c1-26-16-5-3-15(4-6-16)11-13-21(14-12-19(22)20-23)28(24,25)18-9-7-17(27-2)8-10-18/h3-10,23H,11-14H2,1-2H3,(H,20,22). The number of ether oxygens (including phenoxy) is 1. The Morgan fingerprint density at radius 1 is 1.11 bits per heavy atom. The SMILES string of the molecule is COc1ccc(CCN(CCC(=O)NO)S(=O)(=O)c2ccc(SC)cc2)cc1. The molecule has 0 unspecified atom stereocenters. The number of methoxy groups -OCH3 is 1. The van der Waals surface area contributed by atoms with Crippen LogP contribution in [0.25, 0.3) is 0 Å². The molecule has 152 valence electrons. The first-order valence-electron chi connectivity index (χ1n) is 8.60. The fraction of sp³-hybridized carbons (Fsp3) is 0.316. The molecule has 0 bridgehead atoms. The van der Waals surface area contributed by atoms with Crippen molar-refractivity contribution in [2.75, 3.05) is 26.5 Å². The maximum absolute atomic E-state index is 13.1. The van der Waals surface area contributed by atoms with Crippen molar-refractivity contribution < 1.29 is 23.2 Å². The molecule has 2 aromatic carbocycles. The second-order valence-electron chi connectivity index (χ2n) is 5.96. The van der Waals surface area contributed by atoms with Gasteiger partial charge in [0.05, 0.1) is 12.0 Å². The summed E-state index contributed by atoms with van der Waals surface area (Å²) >= 11 is 1.52. The maximum Gasteiger partial charge on any atom is 0.244 e. The molecule has 0 aliphatic heterocycles. The maximum atomic E-state index is 13.1. The van der Waals surface area contributed by atoms with Crippen molar-refractivity contribution in [1.82, 2.24) is 9.79 Å². The summed E-state index contributed by atoms with van der Waals surface area (Å²) in [7, 11) is -2.19. The van der Waals surface area contributed by atoms with Gasteiger partial charge in [-0.05, 0) is 54.6 Å². The van der Waals surface area contributed by atoms with Gasteiger partial charge in [-0.1, -0.05) is 12.1 Å². The van der Waals surface area contributed by atoms with E-state index >= 15 is 0 Å². The van der Waals surface area contributed by atoms with Crippen LogP contribution in [0.5, 0.6) is 5.75 Å². The smallest absolute Gasteiger partial charge is 0.244 e. The Morgan fingerprint density at radius 2 is 1.75 bits per heavy atom. The molecule has 0 aliphatic rings. The molecular formula is C19H24N2O5S2. The highest BCUT2D eigenvalue weighted by atomic mass is 32.2. The van der Waals surface area contributed by atoms with Crippen molar-refractivity contribution in [2.45, 2.75) is 22.6 Å². The van der Waals surface area contributed by atoms with Gasteiger partial charge in [0.25, 0.3) is 0 Å². The van der Waals surface area contributed by atoms with E-state index in [0.29, 0.717) is 6.42 Å². The number of nitrogens with zero attached hydrogens (tertiary/aromatic N) is 1. The molecule has 0 radical (unpaired) electrons. The average Bonchev–Trinajstić information content (AvgIpc) is 2.73. The fourth-order valence-electron chi connectivity index (χ4n) is 2.58. The number of sulfonamides is 1. The number of benzene rings is 2. The van der Waals surface area contributed by atoms with E-state index in [1.807, 2.05) is 30.5 Å². The van der Waals surface area contributed by atoms with E-state index < -0.39 is 15.9 Å². The van der Waals surface area contributed by atoms with E-state index in [9.17, 15) is 13.2 Å². The Balaban J connectivity index is 2.19. The normalized spacial score (nSPS) is 11.4. The number of carbonyl (C=O) groups excluding carboxylic acids is 1. The third kappa shape index (κ3) is 5.96. The van der Waals surface area contributed by atoms with Crippen LogP contribution in [0, 0.1) is 0 Å². The molecule has 0 spiro atoms. The van der Waals surface area contributed by atoms with Gasteiger partial charge in [-0.3, -0.25) is 10.0 Å². The summed E-state index contributed by atoms with van der Waals surface area (Å²) in [5.74, 6) is 0.0871. The molecule has 0 aromatic heterocycles. The average molecular weight is 425 g/mol. The topological polar surface area (TPSA) is 95.9 Å². The van der Waals surface area contributed by atoms with Crippen molar-refractivity contribution >= 4 is 27.7 Å². The third-order valence-corrected chi connectivity index (χ3v) is 6.88. The van der Waals surface area contributed by atoms with E-state index in [4.69, 9.17) is 9.94 Å². The number of hydrogen-bond donors (Lipinski definition) is 2. The predicted molar refractivity (Wildman–Crippen MR) is 108 cm³/mol. The van der Waals surface area contributed by atoms with Crippen LogP contribution in [-0.4, -0.2) is 50.3 Å². The van der Waals surface area contributed by atoms with Crippen molar-refractivity contribution in [2.24, 2.45) is 0 Å². The largest absolute Gasteiger partial charge is 0.497 e. The summed E-state index contributed by atoms with van der Waals surface area (Å²) in [5.41, 5.74) is 2.49. The lowest BCUT2D eigenvalue weighted by Crippen LogP contribution is -2.36. The molecule has 9 heteroatoms. The van der Waals surface area contributed by atoms with Crippen molar-refractivity contribution in [3.63, 3.8) is 0 Å². The molecule has 2 N–H and O–H groups in total. The summed E-state index contributed by atoms with van der Waals surface area (Å²) in [6.45, 7) is 0.173. The molecule has 0 heterocycles. The molecule has 0 aliphatic carbocycles. The molecular weight excluding hydrogens is 400 g/mol. The number of hydroxylamine groups is 1. The highest BCUT2D eigenvalue weighted by Gasteiger charge is 2.24. The minimum atomic E-state index is -3.78. The number of amides is 1.